The van der Waals surface area contributed by atoms with Crippen LogP contribution in [0.25, 0.3) is 0 Å². The highest BCUT2D eigenvalue weighted by atomic mass is 32.3. The minimum absolute atomic E-state index is 0. The van der Waals surface area contributed by atoms with Crippen LogP contribution in [0.15, 0.2) is 12.7 Å². The van der Waals surface area contributed by atoms with Crippen LogP contribution in [0.1, 0.15) is 0 Å². The van der Waals surface area contributed by atoms with Crippen LogP contribution in [0.3, 0.4) is 0 Å². The molecular weight excluding hydrogens is 204 g/mol. The molecule has 0 spiro atoms. The fourth-order valence-electron chi connectivity index (χ4n) is 0. The summed E-state index contributed by atoms with van der Waals surface area (Å²) < 4.78 is 36.1. The maximum atomic E-state index is 8.74. The third-order valence-electron chi connectivity index (χ3n) is 0.333. The second-order valence-electron chi connectivity index (χ2n) is 1.53. The first-order chi connectivity index (χ1) is 5.41. The maximum absolute atomic E-state index is 8.74. The number of hydrogen-bond donors (Lipinski definition) is 3. The van der Waals surface area contributed by atoms with E-state index in [0.717, 1.165) is 13.2 Å². The molecule has 0 atom stereocenters. The lowest BCUT2D eigenvalue weighted by molar-refractivity contribution is 0.343. The van der Waals surface area contributed by atoms with Gasteiger partial charge in [-0.1, -0.05) is 6.08 Å². The molecule has 0 saturated carbocycles. The van der Waals surface area contributed by atoms with Gasteiger partial charge < -0.3 is 15.3 Å². The first-order valence-corrected chi connectivity index (χ1v) is 4.31. The van der Waals surface area contributed by atoms with Crippen molar-refractivity contribution in [2.24, 2.45) is 0 Å². The SMILES string of the molecule is C1CO1.C=CCO.O.O=S(=O)(O)O. The highest BCUT2D eigenvalue weighted by Gasteiger charge is 1.94. The molecule has 0 amide bonds. The normalized spacial score (nSPS) is 11.9. The summed E-state index contributed by atoms with van der Waals surface area (Å²) in [4.78, 5) is 0. The summed E-state index contributed by atoms with van der Waals surface area (Å²) in [6.45, 7) is 5.31. The van der Waals surface area contributed by atoms with E-state index >= 15 is 0 Å². The number of aliphatic hydroxyl groups is 1. The Kier molecular flexibility index (Phi) is 16.2. The van der Waals surface area contributed by atoms with Crippen molar-refractivity contribution in [1.82, 2.24) is 0 Å². The molecule has 1 aliphatic heterocycles. The molecule has 1 saturated heterocycles. The monoisotopic (exact) mass is 218 g/mol. The Hall–Kier alpha value is -0.510. The molecular formula is C5H14O7S. The van der Waals surface area contributed by atoms with E-state index in [1.165, 1.54) is 6.08 Å². The molecule has 0 bridgehead atoms. The van der Waals surface area contributed by atoms with Crippen LogP contribution in [0.2, 0.25) is 0 Å². The van der Waals surface area contributed by atoms with Crippen LogP contribution in [0.5, 0.6) is 0 Å². The largest absolute Gasteiger partial charge is 0.412 e. The van der Waals surface area contributed by atoms with Gasteiger partial charge in [-0.15, -0.1) is 6.58 Å². The van der Waals surface area contributed by atoms with Crippen molar-refractivity contribution in [2.45, 2.75) is 0 Å². The van der Waals surface area contributed by atoms with Gasteiger partial charge in [-0.3, -0.25) is 9.11 Å². The van der Waals surface area contributed by atoms with E-state index in [1.807, 2.05) is 0 Å². The summed E-state index contributed by atoms with van der Waals surface area (Å²) in [6.07, 6.45) is 1.43. The fraction of sp³-hybridized carbons (Fsp3) is 0.600. The number of aliphatic hydroxyl groups excluding tert-OH is 1. The molecule has 7 nitrogen and oxygen atoms in total. The third kappa shape index (κ3) is 466. The average molecular weight is 218 g/mol. The van der Waals surface area contributed by atoms with Crippen molar-refractivity contribution in [3.05, 3.63) is 12.7 Å². The molecule has 5 N–H and O–H groups in total. The quantitative estimate of drug-likeness (QED) is 0.284. The van der Waals surface area contributed by atoms with Gasteiger partial charge in [-0.05, 0) is 0 Å². The summed E-state index contributed by atoms with van der Waals surface area (Å²) in [5.74, 6) is 0. The minimum atomic E-state index is -4.67. The van der Waals surface area contributed by atoms with E-state index in [0.29, 0.717) is 0 Å². The molecule has 0 radical (unpaired) electrons. The second-order valence-corrected chi connectivity index (χ2v) is 2.43. The van der Waals surface area contributed by atoms with Crippen molar-refractivity contribution in [3.63, 3.8) is 0 Å². The molecule has 1 fully saturated rings. The minimum Gasteiger partial charge on any atom is -0.412 e. The number of epoxide rings is 1. The Morgan fingerprint density at radius 2 is 1.54 bits per heavy atom. The molecule has 0 aromatic rings. The van der Waals surface area contributed by atoms with E-state index in [2.05, 4.69) is 11.3 Å². The Labute approximate surface area is 76.5 Å². The lowest BCUT2D eigenvalue weighted by Crippen LogP contribution is -1.89. The second kappa shape index (κ2) is 11.5. The highest BCUT2D eigenvalue weighted by Crippen LogP contribution is 1.84. The summed E-state index contributed by atoms with van der Waals surface area (Å²) in [5.41, 5.74) is 0. The molecule has 0 aromatic carbocycles. The lowest BCUT2D eigenvalue weighted by Gasteiger charge is -1.68. The Balaban J connectivity index is -0.000000113. The Morgan fingerprint density at radius 3 is 1.54 bits per heavy atom. The predicted octanol–water partition coefficient (Wildman–Crippen LogP) is -1.30. The van der Waals surface area contributed by atoms with E-state index in [-0.39, 0.29) is 12.1 Å². The maximum Gasteiger partial charge on any atom is 0.394 e. The first-order valence-electron chi connectivity index (χ1n) is 2.91. The van der Waals surface area contributed by atoms with Crippen molar-refractivity contribution < 1.29 is 32.8 Å². The van der Waals surface area contributed by atoms with E-state index < -0.39 is 10.4 Å². The van der Waals surface area contributed by atoms with Crippen molar-refractivity contribution in [2.75, 3.05) is 19.8 Å². The molecule has 1 rings (SSSR count). The molecule has 1 heterocycles. The Bertz CT molecular complexity index is 172. The van der Waals surface area contributed by atoms with Gasteiger partial charge in [-0.2, -0.15) is 8.42 Å². The van der Waals surface area contributed by atoms with Gasteiger partial charge in [0.2, 0.25) is 0 Å². The highest BCUT2D eigenvalue weighted by molar-refractivity contribution is 7.79. The van der Waals surface area contributed by atoms with E-state index in [1.54, 1.807) is 0 Å². The molecule has 1 aliphatic rings. The van der Waals surface area contributed by atoms with Crippen LogP contribution in [0.4, 0.5) is 0 Å². The van der Waals surface area contributed by atoms with Gasteiger partial charge in [0.25, 0.3) is 0 Å². The van der Waals surface area contributed by atoms with E-state index in [4.69, 9.17) is 22.6 Å². The zero-order valence-electron chi connectivity index (χ0n) is 6.88. The van der Waals surface area contributed by atoms with Crippen LogP contribution >= 0.6 is 0 Å². The summed E-state index contributed by atoms with van der Waals surface area (Å²) in [5, 5.41) is 7.76. The number of rotatable bonds is 1. The van der Waals surface area contributed by atoms with Crippen LogP contribution < -0.4 is 0 Å². The van der Waals surface area contributed by atoms with Gasteiger partial charge >= 0.3 is 10.4 Å². The molecule has 0 aromatic heterocycles. The van der Waals surface area contributed by atoms with Crippen LogP contribution in [-0.4, -0.2) is 47.9 Å². The topological polar surface area (TPSA) is 139 Å². The molecule has 13 heavy (non-hydrogen) atoms. The van der Waals surface area contributed by atoms with Crippen molar-refractivity contribution in [1.29, 1.82) is 0 Å². The summed E-state index contributed by atoms with van der Waals surface area (Å²) in [6, 6.07) is 0. The van der Waals surface area contributed by atoms with Crippen LogP contribution in [0, 0.1) is 0 Å². The predicted molar refractivity (Wildman–Crippen MR) is 45.9 cm³/mol. The molecule has 0 aliphatic carbocycles. The van der Waals surface area contributed by atoms with E-state index in [9.17, 15) is 0 Å². The summed E-state index contributed by atoms with van der Waals surface area (Å²) >= 11 is 0. The third-order valence-corrected chi connectivity index (χ3v) is 0.333. The van der Waals surface area contributed by atoms with Gasteiger partial charge in [0.1, 0.15) is 0 Å². The standard InChI is InChI=1S/C3H6O.C2H4O.H2O4S.H2O/c1-2-3-4;1-2-3-1;1-5(2,3)4;/h2,4H,1,3H2;1-2H2;(H2,1,2,3,4);1H2. The van der Waals surface area contributed by atoms with Crippen LogP contribution in [-0.2, 0) is 15.1 Å². The van der Waals surface area contributed by atoms with Crippen molar-refractivity contribution in [3.8, 4) is 0 Å². The number of ether oxygens (including phenoxy) is 1. The summed E-state index contributed by atoms with van der Waals surface area (Å²) in [7, 11) is -4.67. The number of hydrogen-bond acceptors (Lipinski definition) is 4. The lowest BCUT2D eigenvalue weighted by atomic mass is 10.7. The van der Waals surface area contributed by atoms with Gasteiger partial charge in [0.05, 0.1) is 19.8 Å². The molecule has 0 unspecified atom stereocenters. The molecule has 82 valence electrons. The van der Waals surface area contributed by atoms with Crippen molar-refractivity contribution >= 4 is 10.4 Å². The smallest absolute Gasteiger partial charge is 0.394 e. The zero-order chi connectivity index (χ0) is 10.0. The fourth-order valence-corrected chi connectivity index (χ4v) is 0. The average Bonchev–Trinajstić information content (AvgIpc) is 2.67. The molecule has 8 heteroatoms. The van der Waals surface area contributed by atoms with Gasteiger partial charge in [-0.25, -0.2) is 0 Å². The first kappa shape index (κ1) is 18.3. The van der Waals surface area contributed by atoms with Gasteiger partial charge in [0, 0.05) is 0 Å². The van der Waals surface area contributed by atoms with Gasteiger partial charge in [0.15, 0.2) is 0 Å². The zero-order valence-corrected chi connectivity index (χ0v) is 7.70. The Morgan fingerprint density at radius 1 is 1.38 bits per heavy atom.